The molecule has 5 nitrogen and oxygen atoms in total. The summed E-state index contributed by atoms with van der Waals surface area (Å²) in [7, 11) is 0. The van der Waals surface area contributed by atoms with Crippen molar-refractivity contribution in [3.05, 3.63) is 206 Å². The molecule has 0 N–H and O–H groups in total. The predicted octanol–water partition coefficient (Wildman–Crippen LogP) is 16.1. The van der Waals surface area contributed by atoms with Crippen molar-refractivity contribution in [2.24, 2.45) is 0 Å². The van der Waals surface area contributed by atoms with Gasteiger partial charge in [-0.15, -0.1) is 11.3 Å². The van der Waals surface area contributed by atoms with Gasteiger partial charge in [-0.25, -0.2) is 15.0 Å². The number of anilines is 3. The average molecular weight is 823 g/mol. The van der Waals surface area contributed by atoms with Gasteiger partial charge in [0.05, 0.1) is 5.69 Å². The molecule has 0 fully saturated rings. The third-order valence-corrected chi connectivity index (χ3v) is 13.4. The maximum Gasteiger partial charge on any atom is 0.164 e. The van der Waals surface area contributed by atoms with E-state index < -0.39 is 0 Å². The lowest BCUT2D eigenvalue weighted by atomic mass is 9.93. The molecule has 0 aliphatic carbocycles. The first-order chi connectivity index (χ1) is 31.2. The Kier molecular flexibility index (Phi) is 8.01. The third-order valence-electron chi connectivity index (χ3n) is 12.3. The number of para-hydroxylation sites is 2. The topological polar surface area (TPSA) is 55.1 Å². The molecule has 63 heavy (non-hydrogen) atoms. The van der Waals surface area contributed by atoms with Crippen LogP contribution in [0.15, 0.2) is 211 Å². The Morgan fingerprint density at radius 2 is 0.857 bits per heavy atom. The van der Waals surface area contributed by atoms with Gasteiger partial charge in [-0.3, -0.25) is 0 Å². The van der Waals surface area contributed by atoms with Crippen LogP contribution in [0.2, 0.25) is 0 Å². The zero-order valence-electron chi connectivity index (χ0n) is 33.7. The lowest BCUT2D eigenvalue weighted by Gasteiger charge is -2.26. The van der Waals surface area contributed by atoms with Crippen molar-refractivity contribution in [1.29, 1.82) is 0 Å². The summed E-state index contributed by atoms with van der Waals surface area (Å²) in [5.41, 5.74) is 7.39. The molecule has 0 bridgehead atoms. The molecular weight excluding hydrogens is 789 g/mol. The van der Waals surface area contributed by atoms with Crippen molar-refractivity contribution in [1.82, 2.24) is 15.0 Å². The molecule has 0 unspecified atom stereocenters. The highest BCUT2D eigenvalue weighted by atomic mass is 32.1. The highest BCUT2D eigenvalue weighted by molar-refractivity contribution is 7.25. The minimum atomic E-state index is 0.608. The third kappa shape index (κ3) is 5.80. The zero-order valence-corrected chi connectivity index (χ0v) is 34.6. The highest BCUT2D eigenvalue weighted by Gasteiger charge is 2.22. The molecule has 3 heterocycles. The Hall–Kier alpha value is -8.19. The first-order valence-corrected chi connectivity index (χ1v) is 21.9. The number of hydrogen-bond acceptors (Lipinski definition) is 6. The number of fused-ring (bicyclic) bond motifs is 12. The van der Waals surface area contributed by atoms with E-state index in [4.69, 9.17) is 19.4 Å². The first kappa shape index (κ1) is 35.6. The molecule has 6 heteroatoms. The normalized spacial score (nSPS) is 11.8. The minimum Gasteiger partial charge on any atom is -0.454 e. The van der Waals surface area contributed by atoms with Crippen LogP contribution in [-0.4, -0.2) is 15.0 Å². The fraction of sp³-hybridized carbons (Fsp3) is 0. The summed E-state index contributed by atoms with van der Waals surface area (Å²) >= 11 is 1.86. The standard InChI is InChI=1S/C57H34N4OS/c1-3-14-35(15-4-1)55-58-56(36-16-5-2-6-17-36)60-57(59-55)37-26-28-38(29-27-37)61(50-23-13-22-45-43-20-9-11-24-51(43)62-54(45)50)39-30-31-42-40-18-7-8-19-41(40)48-34-53-49(33-47(48)46(42)32-39)44-21-10-12-25-52(44)63-53/h1-34H. The minimum absolute atomic E-state index is 0.608. The maximum absolute atomic E-state index is 6.74. The van der Waals surface area contributed by atoms with Gasteiger partial charge >= 0.3 is 0 Å². The SMILES string of the molecule is c1ccc(-c2nc(-c3ccccc3)nc(-c3ccc(N(c4ccc5c6ccccc6c6cc7sc8ccccc8c7cc6c5c4)c4cccc5c4oc4ccccc45)cc3)n2)cc1. The van der Waals surface area contributed by atoms with E-state index in [0.717, 1.165) is 55.7 Å². The van der Waals surface area contributed by atoms with Crippen molar-refractivity contribution in [3.8, 4) is 34.2 Å². The van der Waals surface area contributed by atoms with E-state index in [9.17, 15) is 0 Å². The first-order valence-electron chi connectivity index (χ1n) is 21.1. The van der Waals surface area contributed by atoms with E-state index in [1.54, 1.807) is 0 Å². The van der Waals surface area contributed by atoms with E-state index in [2.05, 4.69) is 138 Å². The number of nitrogens with zero attached hydrogens (tertiary/aromatic N) is 4. The predicted molar refractivity (Wildman–Crippen MR) is 264 cm³/mol. The molecule has 0 aliphatic rings. The molecule has 13 rings (SSSR count). The summed E-state index contributed by atoms with van der Waals surface area (Å²) in [5, 5.41) is 12.1. The number of thiophene rings is 1. The fourth-order valence-corrected chi connectivity index (χ4v) is 10.5. The second-order valence-electron chi connectivity index (χ2n) is 15.9. The van der Waals surface area contributed by atoms with Gasteiger partial charge in [0.25, 0.3) is 0 Å². The van der Waals surface area contributed by atoms with Gasteiger partial charge in [-0.05, 0) is 99.0 Å². The number of hydrogen-bond donors (Lipinski definition) is 0. The molecule has 0 saturated heterocycles. The molecule has 0 saturated carbocycles. The zero-order chi connectivity index (χ0) is 41.4. The van der Waals surface area contributed by atoms with Gasteiger partial charge in [0.2, 0.25) is 0 Å². The van der Waals surface area contributed by atoms with Crippen LogP contribution in [0.25, 0.3) is 109 Å². The van der Waals surface area contributed by atoms with Gasteiger partial charge < -0.3 is 9.32 Å². The van der Waals surface area contributed by atoms with Crippen LogP contribution in [-0.2, 0) is 0 Å². The Morgan fingerprint density at radius 1 is 0.333 bits per heavy atom. The van der Waals surface area contributed by atoms with Crippen LogP contribution in [0.5, 0.6) is 0 Å². The summed E-state index contributed by atoms with van der Waals surface area (Å²) in [6, 6.07) is 72.8. The van der Waals surface area contributed by atoms with Crippen LogP contribution in [0.3, 0.4) is 0 Å². The van der Waals surface area contributed by atoms with Crippen LogP contribution >= 0.6 is 11.3 Å². The summed E-state index contributed by atoms with van der Waals surface area (Å²) in [4.78, 5) is 17.3. The lowest BCUT2D eigenvalue weighted by Crippen LogP contribution is -2.10. The van der Waals surface area contributed by atoms with Gasteiger partial charge in [0.15, 0.2) is 23.1 Å². The van der Waals surface area contributed by atoms with Crippen molar-refractivity contribution in [2.75, 3.05) is 4.90 Å². The van der Waals surface area contributed by atoms with Gasteiger partial charge in [0.1, 0.15) is 5.58 Å². The Labute approximate surface area is 365 Å². The van der Waals surface area contributed by atoms with E-state index in [1.165, 1.54) is 52.5 Å². The summed E-state index contributed by atoms with van der Waals surface area (Å²) in [6.45, 7) is 0. The summed E-state index contributed by atoms with van der Waals surface area (Å²) < 4.78 is 9.34. The molecule has 13 aromatic rings. The second-order valence-corrected chi connectivity index (χ2v) is 17.0. The van der Waals surface area contributed by atoms with Crippen molar-refractivity contribution in [2.45, 2.75) is 0 Å². The van der Waals surface area contributed by atoms with Crippen molar-refractivity contribution < 1.29 is 4.42 Å². The Morgan fingerprint density at radius 3 is 1.57 bits per heavy atom. The number of furan rings is 1. The lowest BCUT2D eigenvalue weighted by molar-refractivity contribution is 0.669. The van der Waals surface area contributed by atoms with Crippen LogP contribution in [0.4, 0.5) is 17.1 Å². The van der Waals surface area contributed by atoms with Gasteiger partial charge in [0, 0.05) is 59.0 Å². The molecule has 0 atom stereocenters. The van der Waals surface area contributed by atoms with E-state index in [0.29, 0.717) is 17.5 Å². The summed E-state index contributed by atoms with van der Waals surface area (Å²) in [5.74, 6) is 1.87. The van der Waals surface area contributed by atoms with Gasteiger partial charge in [-0.2, -0.15) is 0 Å². The Balaban J connectivity index is 1.03. The van der Waals surface area contributed by atoms with Crippen LogP contribution in [0, 0.1) is 0 Å². The second kappa shape index (κ2) is 14.2. The molecule has 0 spiro atoms. The monoisotopic (exact) mass is 822 g/mol. The molecule has 10 aromatic carbocycles. The van der Waals surface area contributed by atoms with E-state index in [-0.39, 0.29) is 0 Å². The molecular formula is C57H34N4OS. The van der Waals surface area contributed by atoms with E-state index in [1.807, 2.05) is 84.1 Å². The Bertz CT molecular complexity index is 3860. The van der Waals surface area contributed by atoms with E-state index >= 15 is 0 Å². The molecule has 0 radical (unpaired) electrons. The molecule has 0 amide bonds. The highest BCUT2D eigenvalue weighted by Crippen LogP contribution is 2.46. The van der Waals surface area contributed by atoms with Crippen LogP contribution < -0.4 is 4.90 Å². The number of rotatable bonds is 6. The van der Waals surface area contributed by atoms with Gasteiger partial charge in [-0.1, -0.05) is 140 Å². The average Bonchev–Trinajstić information content (AvgIpc) is 3.93. The quantitative estimate of drug-likeness (QED) is 0.156. The number of aromatic nitrogens is 3. The fourth-order valence-electron chi connectivity index (χ4n) is 9.33. The largest absolute Gasteiger partial charge is 0.454 e. The summed E-state index contributed by atoms with van der Waals surface area (Å²) in [6.07, 6.45) is 0. The molecule has 294 valence electrons. The van der Waals surface area contributed by atoms with Crippen molar-refractivity contribution in [3.63, 3.8) is 0 Å². The van der Waals surface area contributed by atoms with Crippen LogP contribution in [0.1, 0.15) is 0 Å². The smallest absolute Gasteiger partial charge is 0.164 e. The number of benzene rings is 10. The maximum atomic E-state index is 6.74. The molecule has 0 aliphatic heterocycles. The van der Waals surface area contributed by atoms with Crippen molar-refractivity contribution >= 4 is 103 Å². The molecule has 3 aromatic heterocycles.